The highest BCUT2D eigenvalue weighted by Crippen LogP contribution is 2.40. The lowest BCUT2D eigenvalue weighted by molar-refractivity contribution is -0.126. The first-order valence-electron chi connectivity index (χ1n) is 9.04. The fourth-order valence-electron chi connectivity index (χ4n) is 4.05. The highest BCUT2D eigenvalue weighted by Gasteiger charge is 2.43. The van der Waals surface area contributed by atoms with Gasteiger partial charge in [0, 0.05) is 17.6 Å². The third kappa shape index (κ3) is 3.81. The molecule has 0 N–H and O–H groups in total. The van der Waals surface area contributed by atoms with Gasteiger partial charge in [-0.2, -0.15) is 10.4 Å². The summed E-state index contributed by atoms with van der Waals surface area (Å²) in [4.78, 5) is 14.6. The van der Waals surface area contributed by atoms with Gasteiger partial charge in [0.15, 0.2) is 5.70 Å². The van der Waals surface area contributed by atoms with Crippen LogP contribution in [0.4, 0.5) is 0 Å². The smallest absolute Gasteiger partial charge is 0.274 e. The minimum absolute atomic E-state index is 0.0341. The van der Waals surface area contributed by atoms with Gasteiger partial charge in [0.25, 0.3) is 5.91 Å². The van der Waals surface area contributed by atoms with Crippen molar-refractivity contribution in [3.63, 3.8) is 0 Å². The minimum Gasteiger partial charge on any atom is -0.490 e. The van der Waals surface area contributed by atoms with E-state index < -0.39 is 0 Å². The molecule has 0 bridgehead atoms. The second-order valence-electron chi connectivity index (χ2n) is 7.10. The van der Waals surface area contributed by atoms with Crippen molar-refractivity contribution in [3.8, 4) is 11.8 Å². The minimum atomic E-state index is -0.0341. The first-order chi connectivity index (χ1) is 13.1. The van der Waals surface area contributed by atoms with Crippen LogP contribution in [0.2, 0.25) is 0 Å². The Balaban J connectivity index is 1.35. The molecular weight excluding hydrogens is 408 g/mol. The first kappa shape index (κ1) is 17.9. The highest BCUT2D eigenvalue weighted by atomic mass is 79.9. The van der Waals surface area contributed by atoms with Crippen LogP contribution in [0.5, 0.6) is 5.75 Å². The monoisotopic (exact) mass is 426 g/mol. The molecule has 2 heterocycles. The summed E-state index contributed by atoms with van der Waals surface area (Å²) in [6.07, 6.45) is 7.48. The maximum atomic E-state index is 12.7. The molecule has 1 saturated carbocycles. The Morgan fingerprint density at radius 3 is 2.78 bits per heavy atom. The van der Waals surface area contributed by atoms with Crippen molar-refractivity contribution < 1.29 is 9.53 Å². The van der Waals surface area contributed by atoms with Gasteiger partial charge in [-0.05, 0) is 64.9 Å². The number of nitrogens with zero attached hydrogens (tertiary/aromatic N) is 4. The molecule has 1 amide bonds. The number of benzene rings is 1. The molecule has 138 valence electrons. The molecule has 3 aliphatic rings. The summed E-state index contributed by atoms with van der Waals surface area (Å²) in [7, 11) is 0. The summed E-state index contributed by atoms with van der Waals surface area (Å²) >= 11 is 3.40. The molecular formula is C20H19BrN4O2. The Labute approximate surface area is 166 Å². The molecule has 1 saturated heterocycles. The Morgan fingerprint density at radius 1 is 1.30 bits per heavy atom. The number of ether oxygens (including phenoxy) is 1. The molecule has 2 atom stereocenters. The third-order valence-electron chi connectivity index (χ3n) is 5.33. The molecule has 0 radical (unpaired) electrons. The zero-order valence-electron chi connectivity index (χ0n) is 14.7. The van der Waals surface area contributed by atoms with Crippen molar-refractivity contribution in [1.82, 2.24) is 4.90 Å². The molecule has 1 aromatic carbocycles. The molecule has 6 nitrogen and oxygen atoms in total. The topological polar surface area (TPSA) is 78.0 Å². The van der Waals surface area contributed by atoms with E-state index in [0.29, 0.717) is 29.6 Å². The fraction of sp³-hybridized carbons (Fsp3) is 0.400. The van der Waals surface area contributed by atoms with Gasteiger partial charge in [-0.3, -0.25) is 4.79 Å². The lowest BCUT2D eigenvalue weighted by Gasteiger charge is -2.20. The largest absolute Gasteiger partial charge is 0.490 e. The number of carbonyl (C=O) groups is 1. The van der Waals surface area contributed by atoms with Crippen LogP contribution in [-0.4, -0.2) is 36.5 Å². The summed E-state index contributed by atoms with van der Waals surface area (Å²) in [6.45, 7) is 2.01. The standard InChI is InChI=1S/C20H19BrN4O2/c21-18-9-16(5-4-13(18)10-22)27-17-7-14-11-25(12-15(14)8-17)20(26)19-3-1-2-6-23-24-19/h1-5,9,14-15,17H,6-8,11-12H2. The van der Waals surface area contributed by atoms with Crippen LogP contribution in [0.3, 0.4) is 0 Å². The molecule has 2 unspecified atom stereocenters. The van der Waals surface area contributed by atoms with Gasteiger partial charge in [0.05, 0.1) is 18.2 Å². The summed E-state index contributed by atoms with van der Waals surface area (Å²) in [5.41, 5.74) is 1.01. The number of fused-ring (bicyclic) bond motifs is 1. The predicted octanol–water partition coefficient (Wildman–Crippen LogP) is 3.84. The van der Waals surface area contributed by atoms with Crippen LogP contribution >= 0.6 is 15.9 Å². The SMILES string of the molecule is N#Cc1ccc(OC2CC3CN(C(=O)C4=CC=CCN=N4)CC3C2)cc1Br. The number of hydrogen-bond acceptors (Lipinski definition) is 5. The van der Waals surface area contributed by atoms with Gasteiger partial charge >= 0.3 is 0 Å². The van der Waals surface area contributed by atoms with E-state index >= 15 is 0 Å². The average molecular weight is 427 g/mol. The molecule has 0 spiro atoms. The number of carbonyl (C=O) groups excluding carboxylic acids is 1. The van der Waals surface area contributed by atoms with Crippen LogP contribution in [0.25, 0.3) is 0 Å². The third-order valence-corrected chi connectivity index (χ3v) is 5.99. The number of rotatable bonds is 3. The van der Waals surface area contributed by atoms with Gasteiger partial charge in [-0.25, -0.2) is 0 Å². The zero-order chi connectivity index (χ0) is 18.8. The molecule has 1 aromatic rings. The molecule has 27 heavy (non-hydrogen) atoms. The summed E-state index contributed by atoms with van der Waals surface area (Å²) < 4.78 is 6.87. The maximum absolute atomic E-state index is 12.7. The van der Waals surface area contributed by atoms with E-state index in [-0.39, 0.29) is 12.0 Å². The Bertz CT molecular complexity index is 872. The van der Waals surface area contributed by atoms with Gasteiger partial charge in [0.1, 0.15) is 11.8 Å². The number of amides is 1. The Hall–Kier alpha value is -2.46. The van der Waals surface area contributed by atoms with Crippen molar-refractivity contribution in [3.05, 3.63) is 52.2 Å². The number of hydrogen-bond donors (Lipinski definition) is 0. The zero-order valence-corrected chi connectivity index (χ0v) is 16.3. The van der Waals surface area contributed by atoms with E-state index in [1.807, 2.05) is 29.2 Å². The van der Waals surface area contributed by atoms with Gasteiger partial charge in [-0.1, -0.05) is 12.2 Å². The second kappa shape index (κ2) is 7.65. The van der Waals surface area contributed by atoms with Crippen LogP contribution in [0.15, 0.2) is 56.8 Å². The normalized spacial score (nSPS) is 26.3. The molecule has 7 heteroatoms. The summed E-state index contributed by atoms with van der Waals surface area (Å²) in [6, 6.07) is 7.58. The number of nitriles is 1. The summed E-state index contributed by atoms with van der Waals surface area (Å²) in [5, 5.41) is 17.0. The number of halogens is 1. The summed E-state index contributed by atoms with van der Waals surface area (Å²) in [5.74, 6) is 1.65. The van der Waals surface area contributed by atoms with Gasteiger partial charge in [0.2, 0.25) is 0 Å². The molecule has 0 aromatic heterocycles. The molecule has 2 fully saturated rings. The van der Waals surface area contributed by atoms with Crippen LogP contribution in [-0.2, 0) is 4.79 Å². The number of azo groups is 1. The predicted molar refractivity (Wildman–Crippen MR) is 103 cm³/mol. The quantitative estimate of drug-likeness (QED) is 0.736. The lowest BCUT2D eigenvalue weighted by Crippen LogP contribution is -2.31. The Morgan fingerprint density at radius 2 is 2.07 bits per heavy atom. The van der Waals surface area contributed by atoms with Crippen LogP contribution < -0.4 is 4.74 Å². The second-order valence-corrected chi connectivity index (χ2v) is 7.95. The molecule has 1 aliphatic carbocycles. The average Bonchev–Trinajstić information content (AvgIpc) is 3.08. The van der Waals surface area contributed by atoms with Crippen molar-refractivity contribution in [2.24, 2.45) is 22.1 Å². The van der Waals surface area contributed by atoms with Crippen molar-refractivity contribution in [2.45, 2.75) is 18.9 Å². The van der Waals surface area contributed by atoms with E-state index in [2.05, 4.69) is 32.2 Å². The van der Waals surface area contributed by atoms with Gasteiger partial charge in [-0.15, -0.1) is 5.11 Å². The van der Waals surface area contributed by atoms with E-state index in [1.165, 1.54) is 0 Å². The van der Waals surface area contributed by atoms with Crippen LogP contribution in [0, 0.1) is 23.2 Å². The van der Waals surface area contributed by atoms with Crippen molar-refractivity contribution >= 4 is 21.8 Å². The van der Waals surface area contributed by atoms with E-state index in [1.54, 1.807) is 12.1 Å². The van der Waals surface area contributed by atoms with Crippen molar-refractivity contribution in [1.29, 1.82) is 5.26 Å². The van der Waals surface area contributed by atoms with Crippen LogP contribution in [0.1, 0.15) is 18.4 Å². The lowest BCUT2D eigenvalue weighted by atomic mass is 10.0. The fourth-order valence-corrected chi connectivity index (χ4v) is 4.50. The van der Waals surface area contributed by atoms with E-state index in [9.17, 15) is 4.79 Å². The Kier molecular flexibility index (Phi) is 5.08. The number of likely N-dealkylation sites (tertiary alicyclic amines) is 1. The molecule has 4 rings (SSSR count). The van der Waals surface area contributed by atoms with Crippen molar-refractivity contribution in [2.75, 3.05) is 19.6 Å². The van der Waals surface area contributed by atoms with Gasteiger partial charge < -0.3 is 9.64 Å². The highest BCUT2D eigenvalue weighted by molar-refractivity contribution is 9.10. The number of allylic oxidation sites excluding steroid dienone is 2. The molecule has 2 aliphatic heterocycles. The van der Waals surface area contributed by atoms with E-state index in [4.69, 9.17) is 10.00 Å². The van der Waals surface area contributed by atoms with E-state index in [0.717, 1.165) is 36.2 Å². The maximum Gasteiger partial charge on any atom is 0.274 e. The first-order valence-corrected chi connectivity index (χ1v) is 9.83.